The molecule has 0 radical (unpaired) electrons. The molecule has 1 atom stereocenters. The lowest BCUT2D eigenvalue weighted by molar-refractivity contribution is 0.273. The van der Waals surface area contributed by atoms with Gasteiger partial charge in [0.15, 0.2) is 0 Å². The first-order valence-electron chi connectivity index (χ1n) is 8.76. The highest BCUT2D eigenvalue weighted by Gasteiger charge is 2.19. The van der Waals surface area contributed by atoms with Gasteiger partial charge in [-0.2, -0.15) is 15.0 Å². The van der Waals surface area contributed by atoms with Crippen LogP contribution in [0, 0.1) is 0 Å². The van der Waals surface area contributed by atoms with E-state index in [0.717, 1.165) is 31.7 Å². The molecule has 1 aliphatic rings. The molecule has 1 fully saturated rings. The third-order valence-electron chi connectivity index (χ3n) is 4.28. The Bertz CT molecular complexity index is 642. The molecule has 2 aromatic rings. The lowest BCUT2D eigenvalue weighted by atomic mass is 10.1. The molecule has 0 amide bonds. The molecule has 0 bridgehead atoms. The second-order valence-corrected chi connectivity index (χ2v) is 6.07. The molecule has 0 spiro atoms. The minimum atomic E-state index is -0.218. The summed E-state index contributed by atoms with van der Waals surface area (Å²) in [5, 5.41) is 12.6. The van der Waals surface area contributed by atoms with Crippen molar-refractivity contribution >= 4 is 11.9 Å². The average molecular weight is 347 g/mol. The smallest absolute Gasteiger partial charge is 0.322 e. The zero-order valence-electron chi connectivity index (χ0n) is 14.5. The normalized spacial score (nSPS) is 16.3. The van der Waals surface area contributed by atoms with E-state index in [0.29, 0.717) is 18.3 Å². The van der Waals surface area contributed by atoms with E-state index in [2.05, 4.69) is 25.2 Å². The third-order valence-corrected chi connectivity index (χ3v) is 4.28. The monoisotopic (exact) mass is 347 g/mol. The fraction of sp³-hybridized carbons (Fsp3) is 0.588. The zero-order valence-corrected chi connectivity index (χ0v) is 14.5. The van der Waals surface area contributed by atoms with Crippen molar-refractivity contribution in [2.24, 2.45) is 0 Å². The molecule has 8 nitrogen and oxygen atoms in total. The first kappa shape index (κ1) is 17.5. The van der Waals surface area contributed by atoms with Gasteiger partial charge in [-0.15, -0.1) is 0 Å². The van der Waals surface area contributed by atoms with Crippen LogP contribution in [0.15, 0.2) is 22.8 Å². The van der Waals surface area contributed by atoms with E-state index in [1.54, 1.807) is 13.4 Å². The SMILES string of the molecule is COc1nc(NC(CCO)c2ccco2)nc(N2CCCCCC2)n1. The quantitative estimate of drug-likeness (QED) is 0.788. The third kappa shape index (κ3) is 4.60. The maximum atomic E-state index is 9.34. The standard InChI is InChI=1S/C17H25N5O3/c1-24-17-20-15(18-13(8-11-23)14-7-6-12-25-14)19-16(21-17)22-9-4-2-3-5-10-22/h6-7,12-13,23H,2-5,8-11H2,1H3,(H,18,19,20,21). The van der Waals surface area contributed by atoms with E-state index in [1.807, 2.05) is 12.1 Å². The molecular weight excluding hydrogens is 322 g/mol. The highest BCUT2D eigenvalue weighted by molar-refractivity contribution is 5.39. The Morgan fingerprint density at radius 2 is 2.04 bits per heavy atom. The number of hydrogen-bond acceptors (Lipinski definition) is 8. The number of furan rings is 1. The predicted molar refractivity (Wildman–Crippen MR) is 93.8 cm³/mol. The van der Waals surface area contributed by atoms with E-state index >= 15 is 0 Å². The highest BCUT2D eigenvalue weighted by Crippen LogP contribution is 2.24. The number of aliphatic hydroxyl groups is 1. The van der Waals surface area contributed by atoms with Crippen LogP contribution in [-0.2, 0) is 0 Å². The van der Waals surface area contributed by atoms with Gasteiger partial charge < -0.3 is 24.5 Å². The molecule has 2 N–H and O–H groups in total. The molecule has 0 aromatic carbocycles. The molecule has 2 aromatic heterocycles. The van der Waals surface area contributed by atoms with Crippen LogP contribution in [0.1, 0.15) is 43.9 Å². The van der Waals surface area contributed by atoms with Crippen molar-refractivity contribution < 1.29 is 14.3 Å². The van der Waals surface area contributed by atoms with Gasteiger partial charge in [0.1, 0.15) is 5.76 Å². The summed E-state index contributed by atoms with van der Waals surface area (Å²) in [5.41, 5.74) is 0. The van der Waals surface area contributed by atoms with Crippen molar-refractivity contribution in [3.05, 3.63) is 24.2 Å². The summed E-state index contributed by atoms with van der Waals surface area (Å²) < 4.78 is 10.7. The van der Waals surface area contributed by atoms with E-state index in [4.69, 9.17) is 9.15 Å². The number of hydrogen-bond donors (Lipinski definition) is 2. The molecular formula is C17H25N5O3. The van der Waals surface area contributed by atoms with Crippen LogP contribution in [0.2, 0.25) is 0 Å². The van der Waals surface area contributed by atoms with Gasteiger partial charge >= 0.3 is 6.01 Å². The van der Waals surface area contributed by atoms with Crippen molar-refractivity contribution in [1.29, 1.82) is 0 Å². The Morgan fingerprint density at radius 1 is 1.24 bits per heavy atom. The van der Waals surface area contributed by atoms with Crippen molar-refractivity contribution in [2.45, 2.75) is 38.1 Å². The maximum Gasteiger partial charge on any atom is 0.322 e. The zero-order chi connectivity index (χ0) is 17.5. The second-order valence-electron chi connectivity index (χ2n) is 6.07. The van der Waals surface area contributed by atoms with Gasteiger partial charge in [0.25, 0.3) is 0 Å². The van der Waals surface area contributed by atoms with Gasteiger partial charge in [-0.3, -0.25) is 0 Å². The average Bonchev–Trinajstić information content (AvgIpc) is 3.03. The Kier molecular flexibility index (Phi) is 6.05. The molecule has 0 aliphatic carbocycles. The molecule has 1 aliphatic heterocycles. The molecule has 1 saturated heterocycles. The van der Waals surface area contributed by atoms with Gasteiger partial charge in [-0.25, -0.2) is 0 Å². The van der Waals surface area contributed by atoms with Crippen LogP contribution >= 0.6 is 0 Å². The molecule has 3 rings (SSSR count). The number of anilines is 2. The Morgan fingerprint density at radius 3 is 2.68 bits per heavy atom. The topological polar surface area (TPSA) is 96.5 Å². The second kappa shape index (κ2) is 8.66. The van der Waals surface area contributed by atoms with Crippen molar-refractivity contribution in [3.8, 4) is 6.01 Å². The Balaban J connectivity index is 1.83. The van der Waals surface area contributed by atoms with Crippen molar-refractivity contribution in [1.82, 2.24) is 15.0 Å². The molecule has 136 valence electrons. The number of methoxy groups -OCH3 is 1. The van der Waals surface area contributed by atoms with Crippen LogP contribution in [0.5, 0.6) is 6.01 Å². The van der Waals surface area contributed by atoms with Crippen LogP contribution < -0.4 is 15.0 Å². The number of aliphatic hydroxyl groups excluding tert-OH is 1. The Hall–Kier alpha value is -2.35. The van der Waals surface area contributed by atoms with Gasteiger partial charge in [0.05, 0.1) is 19.4 Å². The minimum Gasteiger partial charge on any atom is -0.467 e. The fourth-order valence-corrected chi connectivity index (χ4v) is 2.97. The maximum absolute atomic E-state index is 9.34. The van der Waals surface area contributed by atoms with Crippen LogP contribution in [-0.4, -0.2) is 46.9 Å². The molecule has 3 heterocycles. The summed E-state index contributed by atoms with van der Waals surface area (Å²) in [7, 11) is 1.54. The van der Waals surface area contributed by atoms with E-state index in [1.165, 1.54) is 12.8 Å². The first-order valence-corrected chi connectivity index (χ1v) is 8.76. The first-order chi connectivity index (χ1) is 12.3. The van der Waals surface area contributed by atoms with E-state index in [-0.39, 0.29) is 18.7 Å². The predicted octanol–water partition coefficient (Wildman–Crippen LogP) is 2.39. The molecule has 1 unspecified atom stereocenters. The molecule has 25 heavy (non-hydrogen) atoms. The molecule has 0 saturated carbocycles. The van der Waals surface area contributed by atoms with Gasteiger partial charge in [-0.05, 0) is 31.4 Å². The Labute approximate surface area is 147 Å². The van der Waals surface area contributed by atoms with Crippen molar-refractivity contribution in [3.63, 3.8) is 0 Å². The highest BCUT2D eigenvalue weighted by atomic mass is 16.5. The summed E-state index contributed by atoms with van der Waals surface area (Å²) in [6, 6.07) is 3.74. The fourth-order valence-electron chi connectivity index (χ4n) is 2.97. The summed E-state index contributed by atoms with van der Waals surface area (Å²) in [4.78, 5) is 15.4. The number of nitrogens with one attached hydrogen (secondary N) is 1. The number of aromatic nitrogens is 3. The molecule has 8 heteroatoms. The summed E-state index contributed by atoms with van der Waals surface area (Å²) >= 11 is 0. The van der Waals surface area contributed by atoms with Gasteiger partial charge in [0, 0.05) is 19.7 Å². The van der Waals surface area contributed by atoms with Gasteiger partial charge in [-0.1, -0.05) is 12.8 Å². The van der Waals surface area contributed by atoms with Crippen molar-refractivity contribution in [2.75, 3.05) is 37.0 Å². The van der Waals surface area contributed by atoms with Gasteiger partial charge in [0.2, 0.25) is 11.9 Å². The lowest BCUT2D eigenvalue weighted by Gasteiger charge is -2.22. The van der Waals surface area contributed by atoms with Crippen LogP contribution in [0.3, 0.4) is 0 Å². The number of rotatable bonds is 7. The van der Waals surface area contributed by atoms with E-state index < -0.39 is 0 Å². The van der Waals surface area contributed by atoms with Crippen LogP contribution in [0.25, 0.3) is 0 Å². The summed E-state index contributed by atoms with van der Waals surface area (Å²) in [6.07, 6.45) is 6.84. The number of ether oxygens (including phenoxy) is 1. The van der Waals surface area contributed by atoms with E-state index in [9.17, 15) is 5.11 Å². The largest absolute Gasteiger partial charge is 0.467 e. The number of nitrogens with zero attached hydrogens (tertiary/aromatic N) is 4. The minimum absolute atomic E-state index is 0.0273. The summed E-state index contributed by atoms with van der Waals surface area (Å²) in [5.74, 6) is 1.77. The lowest BCUT2D eigenvalue weighted by Crippen LogP contribution is -2.27. The summed E-state index contributed by atoms with van der Waals surface area (Å²) in [6.45, 7) is 1.90. The van der Waals surface area contributed by atoms with Crippen LogP contribution in [0.4, 0.5) is 11.9 Å².